The smallest absolute Gasteiger partial charge is 0.322 e. The number of rotatable bonds is 10. The maximum absolute atomic E-state index is 13.0. The SMILES string of the molecule is COc1ccc(CNC(=O)c2cn(Cc3ccccc3)c(=O)c(C(=O)NCC(=O)O)c2O)c(OC)c1. The Bertz CT molecular complexity index is 1340. The first-order chi connectivity index (χ1) is 17.2. The number of carboxylic acid groups (broad SMARTS) is 1. The number of pyridine rings is 1. The number of amides is 2. The number of aliphatic carboxylic acids is 1. The molecule has 36 heavy (non-hydrogen) atoms. The minimum atomic E-state index is -1.34. The first-order valence-electron chi connectivity index (χ1n) is 10.7. The van der Waals surface area contributed by atoms with Gasteiger partial charge in [0.15, 0.2) is 0 Å². The number of nitrogens with zero attached hydrogens (tertiary/aromatic N) is 1. The summed E-state index contributed by atoms with van der Waals surface area (Å²) in [5.74, 6) is -3.06. The van der Waals surface area contributed by atoms with Crippen LogP contribution in [0.5, 0.6) is 17.2 Å². The highest BCUT2D eigenvalue weighted by Crippen LogP contribution is 2.25. The van der Waals surface area contributed by atoms with Crippen molar-refractivity contribution in [1.82, 2.24) is 15.2 Å². The number of ether oxygens (including phenoxy) is 2. The van der Waals surface area contributed by atoms with Crippen LogP contribution < -0.4 is 25.7 Å². The highest BCUT2D eigenvalue weighted by molar-refractivity contribution is 6.04. The number of carbonyl (C=O) groups excluding carboxylic acids is 2. The van der Waals surface area contributed by atoms with Crippen LogP contribution in [0.15, 0.2) is 59.5 Å². The van der Waals surface area contributed by atoms with Gasteiger partial charge in [-0.25, -0.2) is 0 Å². The van der Waals surface area contributed by atoms with Gasteiger partial charge in [0, 0.05) is 24.4 Å². The van der Waals surface area contributed by atoms with Gasteiger partial charge in [-0.05, 0) is 17.7 Å². The van der Waals surface area contributed by atoms with E-state index < -0.39 is 41.2 Å². The van der Waals surface area contributed by atoms with E-state index in [0.717, 1.165) is 10.8 Å². The van der Waals surface area contributed by atoms with Crippen molar-refractivity contribution in [2.24, 2.45) is 0 Å². The van der Waals surface area contributed by atoms with Gasteiger partial charge in [-0.3, -0.25) is 19.2 Å². The molecule has 2 amide bonds. The van der Waals surface area contributed by atoms with E-state index in [1.165, 1.54) is 14.2 Å². The number of aromatic nitrogens is 1. The van der Waals surface area contributed by atoms with Crippen molar-refractivity contribution < 1.29 is 34.1 Å². The molecule has 4 N–H and O–H groups in total. The van der Waals surface area contributed by atoms with Gasteiger partial charge in [0.2, 0.25) is 0 Å². The van der Waals surface area contributed by atoms with Crippen LogP contribution in [-0.4, -0.2) is 53.3 Å². The van der Waals surface area contributed by atoms with Gasteiger partial charge in [-0.2, -0.15) is 0 Å². The number of carboxylic acids is 1. The van der Waals surface area contributed by atoms with E-state index in [0.29, 0.717) is 22.6 Å². The van der Waals surface area contributed by atoms with Crippen LogP contribution in [0.1, 0.15) is 31.8 Å². The summed E-state index contributed by atoms with van der Waals surface area (Å²) in [6.45, 7) is -0.764. The zero-order valence-electron chi connectivity index (χ0n) is 19.6. The Labute approximate surface area is 205 Å². The fourth-order valence-corrected chi connectivity index (χ4v) is 3.44. The van der Waals surface area contributed by atoms with Gasteiger partial charge < -0.3 is 34.9 Å². The maximum Gasteiger partial charge on any atom is 0.322 e. The Morgan fingerprint density at radius 2 is 1.69 bits per heavy atom. The number of hydrogen-bond donors (Lipinski definition) is 4. The molecule has 1 heterocycles. The van der Waals surface area contributed by atoms with E-state index in [-0.39, 0.29) is 18.7 Å². The topological polar surface area (TPSA) is 156 Å². The molecule has 11 heteroatoms. The molecule has 2 aromatic carbocycles. The Morgan fingerprint density at radius 1 is 0.972 bits per heavy atom. The predicted octanol–water partition coefficient (Wildman–Crippen LogP) is 1.36. The molecule has 0 aliphatic heterocycles. The third kappa shape index (κ3) is 6.00. The van der Waals surface area contributed by atoms with Crippen LogP contribution in [-0.2, 0) is 17.9 Å². The standard InChI is InChI=1S/C25H25N3O8/c1-35-17-9-8-16(19(10-17)36-2)11-26-23(32)18-14-28(13-15-6-4-3-5-7-15)25(34)21(22(18)31)24(33)27-12-20(29)30/h3-10,14,31H,11-13H2,1-2H3,(H,26,32)(H,27,33)(H,29,30). The number of carbonyl (C=O) groups is 3. The number of aromatic hydroxyl groups is 1. The second-order valence-electron chi connectivity index (χ2n) is 7.62. The van der Waals surface area contributed by atoms with Crippen molar-refractivity contribution in [1.29, 1.82) is 0 Å². The highest BCUT2D eigenvalue weighted by atomic mass is 16.5. The molecular formula is C25H25N3O8. The second kappa shape index (κ2) is 11.6. The molecule has 0 saturated heterocycles. The fraction of sp³-hybridized carbons (Fsp3) is 0.200. The third-order valence-corrected chi connectivity index (χ3v) is 5.25. The Hall–Kier alpha value is -4.80. The summed E-state index contributed by atoms with van der Waals surface area (Å²) in [4.78, 5) is 49.5. The Morgan fingerprint density at radius 3 is 2.33 bits per heavy atom. The Kier molecular flexibility index (Phi) is 8.29. The van der Waals surface area contributed by atoms with E-state index in [1.54, 1.807) is 48.5 Å². The first-order valence-corrected chi connectivity index (χ1v) is 10.7. The number of benzene rings is 2. The van der Waals surface area contributed by atoms with Gasteiger partial charge in [-0.1, -0.05) is 30.3 Å². The van der Waals surface area contributed by atoms with Crippen LogP contribution in [0.4, 0.5) is 0 Å². The van der Waals surface area contributed by atoms with Crippen molar-refractivity contribution in [3.8, 4) is 17.2 Å². The van der Waals surface area contributed by atoms with Crippen molar-refractivity contribution in [2.75, 3.05) is 20.8 Å². The van der Waals surface area contributed by atoms with Crippen LogP contribution in [0.3, 0.4) is 0 Å². The lowest BCUT2D eigenvalue weighted by molar-refractivity contribution is -0.135. The molecule has 0 radical (unpaired) electrons. The lowest BCUT2D eigenvalue weighted by Crippen LogP contribution is -2.37. The largest absolute Gasteiger partial charge is 0.506 e. The Balaban J connectivity index is 1.97. The average Bonchev–Trinajstić information content (AvgIpc) is 2.88. The summed E-state index contributed by atoms with van der Waals surface area (Å²) in [5, 5.41) is 24.2. The summed E-state index contributed by atoms with van der Waals surface area (Å²) in [5.41, 5.74) is -0.632. The van der Waals surface area contributed by atoms with Gasteiger partial charge in [-0.15, -0.1) is 0 Å². The lowest BCUT2D eigenvalue weighted by Gasteiger charge is -2.15. The number of nitrogens with one attached hydrogen (secondary N) is 2. The van der Waals surface area contributed by atoms with Crippen LogP contribution >= 0.6 is 0 Å². The molecule has 0 aliphatic carbocycles. The quantitative estimate of drug-likeness (QED) is 0.329. The molecule has 0 unspecified atom stereocenters. The van der Waals surface area contributed by atoms with Gasteiger partial charge in [0.25, 0.3) is 17.4 Å². The van der Waals surface area contributed by atoms with Gasteiger partial charge in [0.1, 0.15) is 29.4 Å². The summed E-state index contributed by atoms with van der Waals surface area (Å²) < 4.78 is 11.6. The fourth-order valence-electron chi connectivity index (χ4n) is 3.44. The molecule has 0 atom stereocenters. The lowest BCUT2D eigenvalue weighted by atomic mass is 10.1. The highest BCUT2D eigenvalue weighted by Gasteiger charge is 2.25. The molecule has 188 valence electrons. The summed E-state index contributed by atoms with van der Waals surface area (Å²) >= 11 is 0. The second-order valence-corrected chi connectivity index (χ2v) is 7.62. The van der Waals surface area contributed by atoms with Crippen molar-refractivity contribution in [3.05, 3.63) is 87.3 Å². The molecule has 3 rings (SSSR count). The molecular weight excluding hydrogens is 470 g/mol. The molecule has 0 aliphatic rings. The van der Waals surface area contributed by atoms with Crippen molar-refractivity contribution in [2.45, 2.75) is 13.1 Å². The minimum absolute atomic E-state index is 0.00377. The molecule has 0 fully saturated rings. The molecule has 0 saturated carbocycles. The van der Waals surface area contributed by atoms with Crippen LogP contribution in [0.2, 0.25) is 0 Å². The van der Waals surface area contributed by atoms with E-state index in [4.69, 9.17) is 14.6 Å². The first kappa shape index (κ1) is 25.8. The van der Waals surface area contributed by atoms with Crippen LogP contribution in [0.25, 0.3) is 0 Å². The normalized spacial score (nSPS) is 10.4. The number of methoxy groups -OCH3 is 2. The molecule has 0 spiro atoms. The summed E-state index contributed by atoms with van der Waals surface area (Å²) in [7, 11) is 2.97. The molecule has 1 aromatic heterocycles. The van der Waals surface area contributed by atoms with E-state index in [9.17, 15) is 24.3 Å². The van der Waals surface area contributed by atoms with Crippen LogP contribution in [0, 0.1) is 0 Å². The molecule has 11 nitrogen and oxygen atoms in total. The van der Waals surface area contributed by atoms with E-state index >= 15 is 0 Å². The summed E-state index contributed by atoms with van der Waals surface area (Å²) in [6, 6.07) is 13.8. The maximum atomic E-state index is 13.0. The average molecular weight is 495 g/mol. The van der Waals surface area contributed by atoms with Crippen molar-refractivity contribution >= 4 is 17.8 Å². The van der Waals surface area contributed by atoms with E-state index in [2.05, 4.69) is 5.32 Å². The minimum Gasteiger partial charge on any atom is -0.506 e. The zero-order valence-corrected chi connectivity index (χ0v) is 19.6. The third-order valence-electron chi connectivity index (χ3n) is 5.25. The van der Waals surface area contributed by atoms with Crippen molar-refractivity contribution in [3.63, 3.8) is 0 Å². The van der Waals surface area contributed by atoms with Gasteiger partial charge >= 0.3 is 5.97 Å². The monoisotopic (exact) mass is 495 g/mol. The van der Waals surface area contributed by atoms with E-state index in [1.807, 2.05) is 5.32 Å². The van der Waals surface area contributed by atoms with Gasteiger partial charge in [0.05, 0.1) is 26.3 Å². The molecule has 0 bridgehead atoms. The summed E-state index contributed by atoms with van der Waals surface area (Å²) in [6.07, 6.45) is 1.15. The zero-order chi connectivity index (χ0) is 26.2. The molecule has 3 aromatic rings. The predicted molar refractivity (Wildman–Crippen MR) is 129 cm³/mol. The number of hydrogen-bond acceptors (Lipinski definition) is 7.